The second kappa shape index (κ2) is 3.90. The van der Waals surface area contributed by atoms with Gasteiger partial charge in [-0.1, -0.05) is 0 Å². The zero-order chi connectivity index (χ0) is 11.0. The van der Waals surface area contributed by atoms with E-state index in [1.807, 2.05) is 4.90 Å². The molecule has 88 valence electrons. The molecule has 1 saturated carbocycles. The van der Waals surface area contributed by atoms with E-state index in [2.05, 4.69) is 6.19 Å². The van der Waals surface area contributed by atoms with Crippen LogP contribution in [0.3, 0.4) is 0 Å². The molecule has 0 aromatic carbocycles. The molecule has 2 atom stereocenters. The zero-order valence-electron chi connectivity index (χ0n) is 9.52. The van der Waals surface area contributed by atoms with Gasteiger partial charge in [-0.25, -0.2) is 0 Å². The molecule has 3 fully saturated rings. The van der Waals surface area contributed by atoms with Gasteiger partial charge < -0.3 is 14.4 Å². The first-order valence-electron chi connectivity index (χ1n) is 6.24. The van der Waals surface area contributed by atoms with Gasteiger partial charge in [0.05, 0.1) is 13.2 Å². The molecule has 0 radical (unpaired) electrons. The van der Waals surface area contributed by atoms with Crippen molar-refractivity contribution in [1.82, 2.24) is 4.90 Å². The van der Waals surface area contributed by atoms with Crippen molar-refractivity contribution in [3.8, 4) is 6.19 Å². The quantitative estimate of drug-likeness (QED) is 0.580. The average molecular weight is 222 g/mol. The molecule has 16 heavy (non-hydrogen) atoms. The highest BCUT2D eigenvalue weighted by molar-refractivity contribution is 4.94. The smallest absolute Gasteiger partial charge is 0.179 e. The average Bonchev–Trinajstić information content (AvgIpc) is 2.77. The number of likely N-dealkylation sites (tertiary alicyclic amines) is 1. The van der Waals surface area contributed by atoms with Gasteiger partial charge in [0.1, 0.15) is 0 Å². The van der Waals surface area contributed by atoms with Crippen LogP contribution in [0.4, 0.5) is 0 Å². The number of fused-ring (bicyclic) bond motifs is 1. The number of nitriles is 1. The Balaban J connectivity index is 1.66. The minimum atomic E-state index is -0.254. The van der Waals surface area contributed by atoms with Crippen molar-refractivity contribution in [2.45, 2.75) is 31.5 Å². The maximum absolute atomic E-state index is 8.91. The van der Waals surface area contributed by atoms with Crippen molar-refractivity contribution in [1.29, 1.82) is 5.26 Å². The Morgan fingerprint density at radius 2 is 2.00 bits per heavy atom. The third-order valence-electron chi connectivity index (χ3n) is 4.32. The summed E-state index contributed by atoms with van der Waals surface area (Å²) < 4.78 is 11.6. The van der Waals surface area contributed by atoms with Crippen LogP contribution in [0.1, 0.15) is 25.7 Å². The molecule has 0 bridgehead atoms. The van der Waals surface area contributed by atoms with E-state index in [0.717, 1.165) is 52.0 Å². The van der Waals surface area contributed by atoms with Gasteiger partial charge >= 0.3 is 0 Å². The molecule has 2 aliphatic heterocycles. The van der Waals surface area contributed by atoms with Crippen LogP contribution < -0.4 is 0 Å². The molecule has 2 saturated heterocycles. The first-order valence-corrected chi connectivity index (χ1v) is 6.24. The van der Waals surface area contributed by atoms with Crippen LogP contribution in [0.15, 0.2) is 0 Å². The SMILES string of the molecule is N#CN1CC[C@H]2CC3(CC[C@@H]2C1)OCCO3. The molecule has 0 N–H and O–H groups in total. The molecule has 0 unspecified atom stereocenters. The minimum Gasteiger partial charge on any atom is -0.348 e. The van der Waals surface area contributed by atoms with Crippen molar-refractivity contribution in [3.05, 3.63) is 0 Å². The predicted molar refractivity (Wildman–Crippen MR) is 57.3 cm³/mol. The molecule has 0 aromatic heterocycles. The van der Waals surface area contributed by atoms with Gasteiger partial charge in [0, 0.05) is 25.9 Å². The largest absolute Gasteiger partial charge is 0.348 e. The second-order valence-electron chi connectivity index (χ2n) is 5.21. The maximum Gasteiger partial charge on any atom is 0.179 e. The molecule has 0 aromatic rings. The van der Waals surface area contributed by atoms with Crippen LogP contribution >= 0.6 is 0 Å². The maximum atomic E-state index is 8.91. The van der Waals surface area contributed by atoms with Crippen LogP contribution in [-0.4, -0.2) is 37.0 Å². The number of rotatable bonds is 0. The van der Waals surface area contributed by atoms with Crippen LogP contribution in [0, 0.1) is 23.3 Å². The Morgan fingerprint density at radius 1 is 1.19 bits per heavy atom. The number of nitrogens with zero attached hydrogens (tertiary/aromatic N) is 2. The van der Waals surface area contributed by atoms with Gasteiger partial charge in [0.25, 0.3) is 0 Å². The van der Waals surface area contributed by atoms with Gasteiger partial charge in [-0.15, -0.1) is 0 Å². The predicted octanol–water partition coefficient (Wildman–Crippen LogP) is 1.33. The highest BCUT2D eigenvalue weighted by Gasteiger charge is 2.46. The molecule has 4 heteroatoms. The van der Waals surface area contributed by atoms with Gasteiger partial charge in [-0.3, -0.25) is 0 Å². The Bertz CT molecular complexity index is 307. The lowest BCUT2D eigenvalue weighted by Crippen LogP contribution is -2.47. The number of hydrogen-bond donors (Lipinski definition) is 0. The Hall–Kier alpha value is -0.790. The van der Waals surface area contributed by atoms with Crippen LogP contribution in [0.5, 0.6) is 0 Å². The summed E-state index contributed by atoms with van der Waals surface area (Å²) in [6.45, 7) is 3.36. The normalized spacial score (nSPS) is 37.1. The first kappa shape index (κ1) is 10.4. The van der Waals surface area contributed by atoms with E-state index < -0.39 is 0 Å². The van der Waals surface area contributed by atoms with Crippen molar-refractivity contribution in [2.75, 3.05) is 26.3 Å². The molecule has 4 nitrogen and oxygen atoms in total. The summed E-state index contributed by atoms with van der Waals surface area (Å²) in [6.07, 6.45) is 6.57. The Morgan fingerprint density at radius 3 is 2.75 bits per heavy atom. The lowest BCUT2D eigenvalue weighted by molar-refractivity contribution is -0.199. The van der Waals surface area contributed by atoms with Crippen LogP contribution in [-0.2, 0) is 9.47 Å². The fourth-order valence-corrected chi connectivity index (χ4v) is 3.43. The van der Waals surface area contributed by atoms with Crippen molar-refractivity contribution in [3.63, 3.8) is 0 Å². The van der Waals surface area contributed by atoms with E-state index >= 15 is 0 Å². The van der Waals surface area contributed by atoms with Gasteiger partial charge in [-0.05, 0) is 24.7 Å². The highest BCUT2D eigenvalue weighted by Crippen LogP contribution is 2.44. The molecule has 1 spiro atoms. The molecule has 0 amide bonds. The van der Waals surface area contributed by atoms with Gasteiger partial charge in [0.15, 0.2) is 12.0 Å². The molecule has 2 heterocycles. The number of hydrogen-bond acceptors (Lipinski definition) is 4. The van der Waals surface area contributed by atoms with Crippen molar-refractivity contribution in [2.24, 2.45) is 11.8 Å². The summed E-state index contributed by atoms with van der Waals surface area (Å²) in [6, 6.07) is 0. The van der Waals surface area contributed by atoms with E-state index in [1.165, 1.54) is 0 Å². The molecular weight excluding hydrogens is 204 g/mol. The van der Waals surface area contributed by atoms with Crippen molar-refractivity contribution >= 4 is 0 Å². The number of piperidine rings is 1. The highest BCUT2D eigenvalue weighted by atomic mass is 16.7. The van der Waals surface area contributed by atoms with E-state index in [9.17, 15) is 0 Å². The molecular formula is C12H18N2O2. The summed E-state index contributed by atoms with van der Waals surface area (Å²) in [7, 11) is 0. The summed E-state index contributed by atoms with van der Waals surface area (Å²) >= 11 is 0. The fourth-order valence-electron chi connectivity index (χ4n) is 3.43. The van der Waals surface area contributed by atoms with E-state index in [-0.39, 0.29) is 5.79 Å². The lowest BCUT2D eigenvalue weighted by atomic mass is 9.72. The monoisotopic (exact) mass is 222 g/mol. The summed E-state index contributed by atoms with van der Waals surface area (Å²) in [4.78, 5) is 1.90. The zero-order valence-corrected chi connectivity index (χ0v) is 9.52. The third-order valence-corrected chi connectivity index (χ3v) is 4.32. The minimum absolute atomic E-state index is 0.254. The van der Waals surface area contributed by atoms with Gasteiger partial charge in [-0.2, -0.15) is 5.26 Å². The summed E-state index contributed by atoms with van der Waals surface area (Å²) in [5, 5.41) is 8.91. The second-order valence-corrected chi connectivity index (χ2v) is 5.21. The van der Waals surface area contributed by atoms with Gasteiger partial charge in [0.2, 0.25) is 0 Å². The molecule has 1 aliphatic carbocycles. The molecule has 3 aliphatic rings. The third kappa shape index (κ3) is 1.68. The topological polar surface area (TPSA) is 45.5 Å². The van der Waals surface area contributed by atoms with Crippen LogP contribution in [0.25, 0.3) is 0 Å². The van der Waals surface area contributed by atoms with E-state index in [0.29, 0.717) is 11.8 Å². The number of ether oxygens (including phenoxy) is 2. The Labute approximate surface area is 96.1 Å². The van der Waals surface area contributed by atoms with Crippen LogP contribution in [0.2, 0.25) is 0 Å². The Kier molecular flexibility index (Phi) is 2.53. The van der Waals surface area contributed by atoms with Crippen molar-refractivity contribution < 1.29 is 9.47 Å². The van der Waals surface area contributed by atoms with E-state index in [1.54, 1.807) is 0 Å². The summed E-state index contributed by atoms with van der Waals surface area (Å²) in [5.41, 5.74) is 0. The fraction of sp³-hybridized carbons (Fsp3) is 0.917. The van der Waals surface area contributed by atoms with E-state index in [4.69, 9.17) is 14.7 Å². The lowest BCUT2D eigenvalue weighted by Gasteiger charge is -2.45. The molecule has 3 rings (SSSR count). The first-order chi connectivity index (χ1) is 7.81. The summed E-state index contributed by atoms with van der Waals surface area (Å²) in [5.74, 6) is 1.11. The standard InChI is InChI=1S/C12H18N2O2/c13-9-14-4-2-10-7-12(15-5-6-16-12)3-1-11(10)8-14/h10-11H,1-8H2/t10-,11+/m0/s1.